The first-order valence-corrected chi connectivity index (χ1v) is 12.2. The quantitative estimate of drug-likeness (QED) is 0.362. The van der Waals surface area contributed by atoms with Crippen LogP contribution in [-0.2, 0) is 11.4 Å². The summed E-state index contributed by atoms with van der Waals surface area (Å²) >= 11 is 13.5. The average Bonchev–Trinajstić information content (AvgIpc) is 3.18. The fourth-order valence-electron chi connectivity index (χ4n) is 3.18. The van der Waals surface area contributed by atoms with Gasteiger partial charge in [-0.2, -0.15) is 4.99 Å². The molecule has 0 atom stereocenters. The minimum absolute atomic E-state index is 0.217. The Hall–Kier alpha value is -3.26. The van der Waals surface area contributed by atoms with E-state index in [0.29, 0.717) is 44.2 Å². The summed E-state index contributed by atoms with van der Waals surface area (Å²) in [5.41, 5.74) is 2.01. The molecule has 3 aromatic carbocycles. The molecule has 0 radical (unpaired) electrons. The summed E-state index contributed by atoms with van der Waals surface area (Å²) in [6, 6.07) is 19.4. The van der Waals surface area contributed by atoms with Crippen LogP contribution in [0.4, 0.5) is 0 Å². The number of hydrogen-bond acceptors (Lipinski definition) is 5. The molecule has 1 fully saturated rings. The van der Waals surface area contributed by atoms with Crippen molar-refractivity contribution in [2.75, 3.05) is 6.61 Å². The van der Waals surface area contributed by atoms with E-state index in [-0.39, 0.29) is 17.7 Å². The van der Waals surface area contributed by atoms with E-state index in [1.807, 2.05) is 25.1 Å². The van der Waals surface area contributed by atoms with Gasteiger partial charge in [-0.05, 0) is 72.3 Å². The molecule has 1 saturated heterocycles. The first-order chi connectivity index (χ1) is 16.9. The number of nitrogens with one attached hydrogen (secondary N) is 1. The highest BCUT2D eigenvalue weighted by atomic mass is 35.5. The molecule has 0 unspecified atom stereocenters. The van der Waals surface area contributed by atoms with E-state index >= 15 is 0 Å². The summed E-state index contributed by atoms with van der Waals surface area (Å²) in [5.74, 6) is 0.0764. The summed E-state index contributed by atoms with van der Waals surface area (Å²) in [4.78, 5) is 29.2. The number of amides is 2. The maximum Gasteiger partial charge on any atom is 0.279 e. The number of halogens is 2. The molecule has 9 heteroatoms. The average molecular weight is 527 g/mol. The number of thioether (sulfide) groups is 1. The topological polar surface area (TPSA) is 77.0 Å². The number of amidine groups is 1. The minimum atomic E-state index is -0.432. The molecule has 0 aromatic heterocycles. The van der Waals surface area contributed by atoms with Gasteiger partial charge in [0.05, 0.1) is 16.5 Å². The number of carbonyl (C=O) groups is 2. The fraction of sp³-hybridized carbons (Fsp3) is 0.115. The van der Waals surface area contributed by atoms with E-state index in [2.05, 4.69) is 10.3 Å². The van der Waals surface area contributed by atoms with Gasteiger partial charge in [0.1, 0.15) is 6.61 Å². The molecule has 0 aliphatic carbocycles. The van der Waals surface area contributed by atoms with Crippen molar-refractivity contribution in [3.05, 3.63) is 98.4 Å². The molecule has 0 saturated carbocycles. The highest BCUT2D eigenvalue weighted by molar-refractivity contribution is 8.18. The van der Waals surface area contributed by atoms with Crippen molar-refractivity contribution >= 4 is 58.0 Å². The van der Waals surface area contributed by atoms with Crippen molar-refractivity contribution in [2.45, 2.75) is 13.5 Å². The van der Waals surface area contributed by atoms with Gasteiger partial charge in [0.2, 0.25) is 0 Å². The van der Waals surface area contributed by atoms with Crippen LogP contribution in [0.2, 0.25) is 10.0 Å². The van der Waals surface area contributed by atoms with Crippen LogP contribution in [-0.4, -0.2) is 23.6 Å². The number of carbonyl (C=O) groups excluding carboxylic acids is 2. The largest absolute Gasteiger partial charge is 0.490 e. The van der Waals surface area contributed by atoms with E-state index in [1.54, 1.807) is 54.6 Å². The molecule has 2 amide bonds. The number of ether oxygens (including phenoxy) is 2. The maximum atomic E-state index is 12.5. The Kier molecular flexibility index (Phi) is 8.13. The highest BCUT2D eigenvalue weighted by Crippen LogP contribution is 2.38. The van der Waals surface area contributed by atoms with Crippen molar-refractivity contribution in [3.63, 3.8) is 0 Å². The van der Waals surface area contributed by atoms with Crippen LogP contribution in [0.3, 0.4) is 0 Å². The molecular weight excluding hydrogens is 507 g/mol. The molecule has 0 bridgehead atoms. The van der Waals surface area contributed by atoms with Crippen molar-refractivity contribution < 1.29 is 19.1 Å². The van der Waals surface area contributed by atoms with Gasteiger partial charge in [0.15, 0.2) is 16.7 Å². The maximum absolute atomic E-state index is 12.5. The van der Waals surface area contributed by atoms with Crippen LogP contribution in [0.5, 0.6) is 11.5 Å². The Balaban J connectivity index is 1.53. The summed E-state index contributed by atoms with van der Waals surface area (Å²) in [5, 5.41) is 3.82. The Morgan fingerprint density at radius 3 is 2.51 bits per heavy atom. The van der Waals surface area contributed by atoms with Crippen LogP contribution in [0, 0.1) is 0 Å². The van der Waals surface area contributed by atoms with Crippen LogP contribution < -0.4 is 14.8 Å². The number of nitrogens with zero attached hydrogens (tertiary/aromatic N) is 1. The van der Waals surface area contributed by atoms with Gasteiger partial charge in [-0.25, -0.2) is 0 Å². The molecule has 6 nitrogen and oxygen atoms in total. The second-order valence-electron chi connectivity index (χ2n) is 7.33. The van der Waals surface area contributed by atoms with E-state index in [0.717, 1.165) is 17.3 Å². The molecule has 178 valence electrons. The second kappa shape index (κ2) is 11.4. The SMILES string of the molecule is CCOc1cc(/C=C2\SC(=NC(=O)c3ccccc3)NC2=O)cc(Cl)c1OCc1ccc(Cl)cc1. The van der Waals surface area contributed by atoms with Gasteiger partial charge in [0, 0.05) is 10.6 Å². The second-order valence-corrected chi connectivity index (χ2v) is 9.21. The predicted octanol–water partition coefficient (Wildman–Crippen LogP) is 6.37. The van der Waals surface area contributed by atoms with Crippen LogP contribution >= 0.6 is 35.0 Å². The lowest BCUT2D eigenvalue weighted by Gasteiger charge is -2.15. The Morgan fingerprint density at radius 1 is 1.06 bits per heavy atom. The van der Waals surface area contributed by atoms with Crippen LogP contribution in [0.25, 0.3) is 6.08 Å². The molecular formula is C26H20Cl2N2O4S. The number of rotatable bonds is 7. The summed E-state index contributed by atoms with van der Waals surface area (Å²) in [6.45, 7) is 2.54. The zero-order valence-electron chi connectivity index (χ0n) is 18.6. The number of benzene rings is 3. The minimum Gasteiger partial charge on any atom is -0.490 e. The molecule has 1 heterocycles. The zero-order valence-corrected chi connectivity index (χ0v) is 20.9. The van der Waals surface area contributed by atoms with Gasteiger partial charge >= 0.3 is 0 Å². The standard InChI is InChI=1S/C26H20Cl2N2O4S/c1-2-33-21-13-17(12-20(28)23(21)34-15-16-8-10-19(27)11-9-16)14-22-25(32)30-26(35-22)29-24(31)18-6-4-3-5-7-18/h3-14H,2,15H2,1H3,(H,29,30,31,32)/b22-14-. The number of aliphatic imine (C=N–C) groups is 1. The monoisotopic (exact) mass is 526 g/mol. The molecule has 0 spiro atoms. The predicted molar refractivity (Wildman–Crippen MR) is 140 cm³/mol. The highest BCUT2D eigenvalue weighted by Gasteiger charge is 2.25. The summed E-state index contributed by atoms with van der Waals surface area (Å²) in [7, 11) is 0. The molecule has 3 aromatic rings. The van der Waals surface area contributed by atoms with Gasteiger partial charge in [-0.1, -0.05) is 53.5 Å². The van der Waals surface area contributed by atoms with Crippen molar-refractivity contribution in [1.82, 2.24) is 5.32 Å². The van der Waals surface area contributed by atoms with Crippen molar-refractivity contribution in [2.24, 2.45) is 4.99 Å². The lowest BCUT2D eigenvalue weighted by atomic mass is 10.1. The van der Waals surface area contributed by atoms with Gasteiger partial charge in [0.25, 0.3) is 11.8 Å². The molecule has 4 rings (SSSR count). The fourth-order valence-corrected chi connectivity index (χ4v) is 4.40. The zero-order chi connectivity index (χ0) is 24.8. The molecule has 1 N–H and O–H groups in total. The third-order valence-electron chi connectivity index (χ3n) is 4.80. The van der Waals surface area contributed by atoms with E-state index in [1.165, 1.54) is 0 Å². The van der Waals surface area contributed by atoms with Crippen LogP contribution in [0.1, 0.15) is 28.4 Å². The first kappa shape index (κ1) is 24.9. The van der Waals surface area contributed by atoms with Crippen LogP contribution in [0.15, 0.2) is 76.6 Å². The Labute approximate surface area is 216 Å². The Morgan fingerprint density at radius 2 is 1.80 bits per heavy atom. The normalized spacial score (nSPS) is 15.3. The van der Waals surface area contributed by atoms with Gasteiger partial charge in [-0.3, -0.25) is 9.59 Å². The van der Waals surface area contributed by atoms with Gasteiger partial charge < -0.3 is 14.8 Å². The first-order valence-electron chi connectivity index (χ1n) is 10.7. The van der Waals surface area contributed by atoms with Crippen molar-refractivity contribution in [3.8, 4) is 11.5 Å². The third-order valence-corrected chi connectivity index (χ3v) is 6.24. The lowest BCUT2D eigenvalue weighted by Crippen LogP contribution is -2.20. The Bertz CT molecular complexity index is 1310. The van der Waals surface area contributed by atoms with E-state index in [9.17, 15) is 9.59 Å². The third kappa shape index (κ3) is 6.45. The lowest BCUT2D eigenvalue weighted by molar-refractivity contribution is -0.115. The molecule has 35 heavy (non-hydrogen) atoms. The smallest absolute Gasteiger partial charge is 0.279 e. The van der Waals surface area contributed by atoms with E-state index in [4.69, 9.17) is 32.7 Å². The molecule has 1 aliphatic rings. The van der Waals surface area contributed by atoms with E-state index < -0.39 is 5.91 Å². The summed E-state index contributed by atoms with van der Waals surface area (Å²) < 4.78 is 11.7. The summed E-state index contributed by atoms with van der Waals surface area (Å²) in [6.07, 6.45) is 1.66. The van der Waals surface area contributed by atoms with Gasteiger partial charge in [-0.15, -0.1) is 0 Å². The number of hydrogen-bond donors (Lipinski definition) is 1. The molecule has 1 aliphatic heterocycles. The van der Waals surface area contributed by atoms with Crippen molar-refractivity contribution in [1.29, 1.82) is 0 Å².